The molecule has 5 nitrogen and oxygen atoms in total. The summed E-state index contributed by atoms with van der Waals surface area (Å²) in [7, 11) is 0. The molecule has 2 heterocycles. The molecule has 2 aliphatic heterocycles. The highest BCUT2D eigenvalue weighted by atomic mass is 32.2. The molecule has 6 heteroatoms. The molecule has 2 saturated heterocycles. The minimum absolute atomic E-state index is 0.0155. The van der Waals surface area contributed by atoms with E-state index in [1.807, 2.05) is 62.3 Å². The van der Waals surface area contributed by atoms with Crippen molar-refractivity contribution >= 4 is 23.6 Å². The van der Waals surface area contributed by atoms with E-state index in [9.17, 15) is 9.59 Å². The van der Waals surface area contributed by atoms with Gasteiger partial charge in [0.2, 0.25) is 0 Å². The molecule has 3 rings (SSSR count). The fraction of sp³-hybridized carbons (Fsp3) is 0.500. The van der Waals surface area contributed by atoms with E-state index in [0.717, 1.165) is 18.0 Å². The molecule has 2 fully saturated rings. The van der Waals surface area contributed by atoms with Crippen LogP contribution in [0.2, 0.25) is 0 Å². The van der Waals surface area contributed by atoms with Crippen LogP contribution < -0.4 is 0 Å². The number of amides is 1. The van der Waals surface area contributed by atoms with Crippen molar-refractivity contribution in [1.29, 1.82) is 0 Å². The number of carbonyl (C=O) groups excluding carboxylic acids is 2. The van der Waals surface area contributed by atoms with Gasteiger partial charge in [-0.3, -0.25) is 4.79 Å². The summed E-state index contributed by atoms with van der Waals surface area (Å²) in [5.74, 6) is 0.0155. The number of piperazine rings is 1. The molecule has 2 atom stereocenters. The van der Waals surface area contributed by atoms with Crippen molar-refractivity contribution in [3.8, 4) is 0 Å². The van der Waals surface area contributed by atoms with Gasteiger partial charge in [-0.25, -0.2) is 4.79 Å². The Balaban J connectivity index is 1.68. The normalized spacial score (nSPS) is 22.7. The number of likely N-dealkylation sites (tertiary alicyclic amines) is 2. The summed E-state index contributed by atoms with van der Waals surface area (Å²) in [4.78, 5) is 29.0. The molecule has 1 aromatic carbocycles. The van der Waals surface area contributed by atoms with Gasteiger partial charge in [-0.05, 0) is 33.4 Å². The first kappa shape index (κ1) is 18.8. The third kappa shape index (κ3) is 4.06. The summed E-state index contributed by atoms with van der Waals surface area (Å²) < 4.78 is 5.51. The highest BCUT2D eigenvalue weighted by Crippen LogP contribution is 2.37. The van der Waals surface area contributed by atoms with Gasteiger partial charge in [-0.15, -0.1) is 11.8 Å². The predicted octanol–water partition coefficient (Wildman–Crippen LogP) is 3.77. The summed E-state index contributed by atoms with van der Waals surface area (Å²) >= 11 is 1.58. The molecular formula is C20H26N2O3S. The smallest absolute Gasteiger partial charge is 0.410 e. The molecule has 26 heavy (non-hydrogen) atoms. The molecule has 0 spiro atoms. The average molecular weight is 375 g/mol. The van der Waals surface area contributed by atoms with Gasteiger partial charge in [0, 0.05) is 30.8 Å². The van der Waals surface area contributed by atoms with E-state index >= 15 is 0 Å². The van der Waals surface area contributed by atoms with E-state index in [1.165, 1.54) is 0 Å². The van der Waals surface area contributed by atoms with Gasteiger partial charge in [-0.1, -0.05) is 30.3 Å². The standard InChI is InChI=1S/C20H26N2O3S/c1-20(2,3)25-19(24)22-13-15-10-16(22)12-21(15)18(26-4)11-17(23)14-8-6-5-7-9-14/h5-9,11,15-16H,10,12-13H2,1-4H3/b18-11+. The third-order valence-corrected chi connectivity index (χ3v) is 5.44. The lowest BCUT2D eigenvalue weighted by molar-refractivity contribution is 0.0156. The fourth-order valence-corrected chi connectivity index (χ4v) is 4.22. The van der Waals surface area contributed by atoms with Crippen LogP contribution in [-0.4, -0.2) is 58.7 Å². The van der Waals surface area contributed by atoms with Gasteiger partial charge < -0.3 is 14.5 Å². The number of hydrogen-bond acceptors (Lipinski definition) is 5. The first-order valence-corrected chi connectivity index (χ1v) is 10.1. The Morgan fingerprint density at radius 3 is 2.27 bits per heavy atom. The monoisotopic (exact) mass is 374 g/mol. The number of rotatable bonds is 4. The lowest BCUT2D eigenvalue weighted by Crippen LogP contribution is -2.49. The topological polar surface area (TPSA) is 49.9 Å². The second kappa shape index (κ2) is 7.35. The number of thioether (sulfide) groups is 1. The molecule has 0 aliphatic carbocycles. The van der Waals surface area contributed by atoms with Gasteiger partial charge >= 0.3 is 6.09 Å². The van der Waals surface area contributed by atoms with E-state index in [2.05, 4.69) is 4.90 Å². The van der Waals surface area contributed by atoms with E-state index in [-0.39, 0.29) is 24.0 Å². The largest absolute Gasteiger partial charge is 0.444 e. The van der Waals surface area contributed by atoms with E-state index in [4.69, 9.17) is 4.74 Å². The lowest BCUT2D eigenvalue weighted by atomic mass is 10.1. The first-order chi connectivity index (χ1) is 12.3. The highest BCUT2D eigenvalue weighted by Gasteiger charge is 2.47. The maximum atomic E-state index is 12.5. The van der Waals surface area contributed by atoms with Crippen molar-refractivity contribution in [2.45, 2.75) is 44.9 Å². The molecule has 1 amide bonds. The van der Waals surface area contributed by atoms with Crippen molar-refractivity contribution in [3.63, 3.8) is 0 Å². The van der Waals surface area contributed by atoms with Crippen LogP contribution in [-0.2, 0) is 4.74 Å². The van der Waals surface area contributed by atoms with Crippen LogP contribution >= 0.6 is 11.8 Å². The van der Waals surface area contributed by atoms with Gasteiger partial charge in [0.1, 0.15) is 5.60 Å². The number of fused-ring (bicyclic) bond motifs is 2. The van der Waals surface area contributed by atoms with Gasteiger partial charge in [0.15, 0.2) is 5.78 Å². The lowest BCUT2D eigenvalue weighted by Gasteiger charge is -2.36. The summed E-state index contributed by atoms with van der Waals surface area (Å²) in [6, 6.07) is 9.70. The fourth-order valence-electron chi connectivity index (χ4n) is 3.54. The van der Waals surface area contributed by atoms with Crippen LogP contribution in [0.5, 0.6) is 0 Å². The second-order valence-corrected chi connectivity index (χ2v) is 8.57. The van der Waals surface area contributed by atoms with Crippen molar-refractivity contribution < 1.29 is 14.3 Å². The minimum Gasteiger partial charge on any atom is -0.444 e. The van der Waals surface area contributed by atoms with Gasteiger partial charge in [0.25, 0.3) is 0 Å². The number of ether oxygens (including phenoxy) is 1. The Kier molecular flexibility index (Phi) is 5.32. The second-order valence-electron chi connectivity index (χ2n) is 7.75. The zero-order valence-electron chi connectivity index (χ0n) is 15.8. The summed E-state index contributed by atoms with van der Waals surface area (Å²) in [6.45, 7) is 7.05. The molecule has 1 aromatic rings. The van der Waals surface area contributed by atoms with E-state index in [1.54, 1.807) is 17.8 Å². The van der Waals surface area contributed by atoms with Crippen molar-refractivity contribution in [2.75, 3.05) is 19.3 Å². The number of ketones is 1. The van der Waals surface area contributed by atoms with Crippen molar-refractivity contribution in [2.24, 2.45) is 0 Å². The molecule has 140 valence electrons. The van der Waals surface area contributed by atoms with Gasteiger partial charge in [-0.2, -0.15) is 0 Å². The molecule has 0 saturated carbocycles. The number of benzene rings is 1. The van der Waals surface area contributed by atoms with Crippen LogP contribution in [0.4, 0.5) is 4.79 Å². The molecule has 0 aromatic heterocycles. The van der Waals surface area contributed by atoms with Crippen LogP contribution in [0, 0.1) is 0 Å². The molecule has 2 unspecified atom stereocenters. The summed E-state index contributed by atoms with van der Waals surface area (Å²) in [5.41, 5.74) is 0.212. The predicted molar refractivity (Wildman–Crippen MR) is 104 cm³/mol. The van der Waals surface area contributed by atoms with Crippen molar-refractivity contribution in [1.82, 2.24) is 9.80 Å². The van der Waals surface area contributed by atoms with Crippen LogP contribution in [0.15, 0.2) is 41.4 Å². The maximum Gasteiger partial charge on any atom is 0.410 e. The number of allylic oxidation sites excluding steroid dienone is 1. The zero-order chi connectivity index (χ0) is 18.9. The minimum atomic E-state index is -0.481. The molecule has 2 bridgehead atoms. The number of hydrogen-bond donors (Lipinski definition) is 0. The Hall–Kier alpha value is -1.95. The van der Waals surface area contributed by atoms with E-state index in [0.29, 0.717) is 12.1 Å². The highest BCUT2D eigenvalue weighted by molar-refractivity contribution is 8.02. The number of carbonyl (C=O) groups is 2. The Morgan fingerprint density at radius 2 is 1.73 bits per heavy atom. The maximum absolute atomic E-state index is 12.5. The Morgan fingerprint density at radius 1 is 1.12 bits per heavy atom. The summed E-state index contributed by atoms with van der Waals surface area (Å²) in [6.07, 6.45) is 4.40. The van der Waals surface area contributed by atoms with E-state index < -0.39 is 5.60 Å². The molecular weight excluding hydrogens is 348 g/mol. The van der Waals surface area contributed by atoms with Crippen molar-refractivity contribution in [3.05, 3.63) is 47.0 Å². The summed E-state index contributed by atoms with van der Waals surface area (Å²) in [5, 5.41) is 0.968. The Bertz CT molecular complexity index is 712. The van der Waals surface area contributed by atoms with Crippen LogP contribution in [0.3, 0.4) is 0 Å². The Labute approximate surface area is 159 Å². The number of nitrogens with zero attached hydrogens (tertiary/aromatic N) is 2. The first-order valence-electron chi connectivity index (χ1n) is 8.90. The van der Waals surface area contributed by atoms with Gasteiger partial charge in [0.05, 0.1) is 11.1 Å². The molecule has 0 radical (unpaired) electrons. The third-order valence-electron chi connectivity index (χ3n) is 4.67. The van der Waals surface area contributed by atoms with Crippen LogP contribution in [0.1, 0.15) is 37.6 Å². The average Bonchev–Trinajstić information content (AvgIpc) is 3.19. The molecule has 2 aliphatic rings. The zero-order valence-corrected chi connectivity index (χ0v) is 16.6. The van der Waals surface area contributed by atoms with Crippen LogP contribution in [0.25, 0.3) is 0 Å². The molecule has 0 N–H and O–H groups in total. The SMILES string of the molecule is CS/C(=C/C(=O)c1ccccc1)N1CC2CC1CN2C(=O)OC(C)(C)C. The quantitative estimate of drug-likeness (QED) is 0.593.